The van der Waals surface area contributed by atoms with E-state index in [-0.39, 0.29) is 23.2 Å². The predicted octanol–water partition coefficient (Wildman–Crippen LogP) is 4.63. The van der Waals surface area contributed by atoms with E-state index in [0.717, 1.165) is 25.0 Å². The van der Waals surface area contributed by atoms with Gasteiger partial charge in [0.05, 0.1) is 0 Å². The first kappa shape index (κ1) is 22.4. The van der Waals surface area contributed by atoms with E-state index in [4.69, 9.17) is 0 Å². The lowest BCUT2D eigenvalue weighted by Crippen LogP contribution is -2.43. The van der Waals surface area contributed by atoms with E-state index in [2.05, 4.69) is 17.0 Å². The third-order valence-electron chi connectivity index (χ3n) is 5.93. The molecule has 1 fully saturated rings. The molecule has 30 heavy (non-hydrogen) atoms. The van der Waals surface area contributed by atoms with Crippen molar-refractivity contribution in [3.05, 3.63) is 59.2 Å². The Morgan fingerprint density at radius 2 is 1.77 bits per heavy atom. The van der Waals surface area contributed by atoms with Gasteiger partial charge in [-0.15, -0.1) is 0 Å². The molecule has 2 aromatic carbocycles. The third kappa shape index (κ3) is 4.87. The lowest BCUT2D eigenvalue weighted by molar-refractivity contribution is 0.102. The van der Waals surface area contributed by atoms with Crippen LogP contribution in [-0.2, 0) is 10.0 Å². The number of hydrogen-bond acceptors (Lipinski definition) is 3. The number of nitrogens with one attached hydrogen (secondary N) is 2. The highest BCUT2D eigenvalue weighted by Crippen LogP contribution is 2.31. The van der Waals surface area contributed by atoms with Crippen molar-refractivity contribution in [1.29, 1.82) is 0 Å². The van der Waals surface area contributed by atoms with Gasteiger partial charge in [-0.1, -0.05) is 32.8 Å². The predicted molar refractivity (Wildman–Crippen MR) is 112 cm³/mol. The van der Waals surface area contributed by atoms with Crippen LogP contribution >= 0.6 is 0 Å². The van der Waals surface area contributed by atoms with Crippen LogP contribution in [0.2, 0.25) is 0 Å². The normalized spacial score (nSPS) is 22.0. The van der Waals surface area contributed by atoms with Crippen molar-refractivity contribution in [2.24, 2.45) is 11.8 Å². The van der Waals surface area contributed by atoms with Crippen LogP contribution in [0.1, 0.15) is 49.0 Å². The highest BCUT2D eigenvalue weighted by Gasteiger charge is 2.32. The topological polar surface area (TPSA) is 75.3 Å². The standard InChI is InChI=1S/C22H26F2N2O3S/c1-13-5-4-6-20(15(13)3)26-30(28,29)21-11-16(8-10-18(21)23)22(27)25-17-9-7-14(2)19(24)12-17/h7-13,15,20,26H,4-6H2,1-3H3,(H,25,27)/t13-,15+,20-/m1/s1. The van der Waals surface area contributed by atoms with Gasteiger partial charge in [-0.05, 0) is 61.1 Å². The zero-order valence-corrected chi connectivity index (χ0v) is 18.0. The lowest BCUT2D eigenvalue weighted by Gasteiger charge is -2.34. The average Bonchev–Trinajstić information content (AvgIpc) is 2.68. The molecule has 0 spiro atoms. The number of carbonyl (C=O) groups excluding carboxylic acids is 1. The van der Waals surface area contributed by atoms with Gasteiger partial charge in [-0.25, -0.2) is 21.9 Å². The Balaban J connectivity index is 1.83. The number of anilines is 1. The van der Waals surface area contributed by atoms with Gasteiger partial charge in [0, 0.05) is 17.3 Å². The van der Waals surface area contributed by atoms with Crippen LogP contribution in [0.15, 0.2) is 41.3 Å². The van der Waals surface area contributed by atoms with E-state index in [0.29, 0.717) is 17.9 Å². The fraction of sp³-hybridized carbons (Fsp3) is 0.409. The van der Waals surface area contributed by atoms with Crippen molar-refractivity contribution in [2.75, 3.05) is 5.32 Å². The molecule has 0 bridgehead atoms. The van der Waals surface area contributed by atoms with Crippen LogP contribution in [0.25, 0.3) is 0 Å². The number of rotatable bonds is 5. The third-order valence-corrected chi connectivity index (χ3v) is 7.43. The van der Waals surface area contributed by atoms with E-state index in [1.807, 2.05) is 6.92 Å². The maximum atomic E-state index is 14.4. The van der Waals surface area contributed by atoms with Gasteiger partial charge in [0.15, 0.2) is 0 Å². The zero-order chi connectivity index (χ0) is 22.1. The monoisotopic (exact) mass is 436 g/mol. The Labute approximate surface area is 175 Å². The molecule has 1 amide bonds. The quantitative estimate of drug-likeness (QED) is 0.718. The molecule has 3 rings (SSSR count). The second kappa shape index (κ2) is 8.81. The first-order valence-electron chi connectivity index (χ1n) is 9.98. The van der Waals surface area contributed by atoms with E-state index in [9.17, 15) is 22.0 Å². The second-order valence-corrected chi connectivity index (χ2v) is 9.74. The fourth-order valence-corrected chi connectivity index (χ4v) is 5.20. The summed E-state index contributed by atoms with van der Waals surface area (Å²) in [5, 5.41) is 2.50. The van der Waals surface area contributed by atoms with Gasteiger partial charge in [-0.2, -0.15) is 0 Å². The molecule has 0 radical (unpaired) electrons. The molecule has 1 aliphatic carbocycles. The average molecular weight is 437 g/mol. The van der Waals surface area contributed by atoms with Gasteiger partial charge in [0.2, 0.25) is 10.0 Å². The zero-order valence-electron chi connectivity index (χ0n) is 17.2. The van der Waals surface area contributed by atoms with Crippen LogP contribution < -0.4 is 10.0 Å². The molecule has 2 aromatic rings. The molecule has 1 aliphatic rings. The van der Waals surface area contributed by atoms with Gasteiger partial charge in [0.25, 0.3) is 5.91 Å². The molecule has 8 heteroatoms. The summed E-state index contributed by atoms with van der Waals surface area (Å²) in [6.45, 7) is 5.65. The molecule has 1 saturated carbocycles. The number of aryl methyl sites for hydroxylation is 1. The van der Waals surface area contributed by atoms with Crippen molar-refractivity contribution >= 4 is 21.6 Å². The SMILES string of the molecule is Cc1ccc(NC(=O)c2ccc(F)c(S(=O)(=O)N[C@@H]3CCC[C@@H](C)[C@@H]3C)c2)cc1F. The van der Waals surface area contributed by atoms with Gasteiger partial charge < -0.3 is 5.32 Å². The second-order valence-electron chi connectivity index (χ2n) is 8.06. The summed E-state index contributed by atoms with van der Waals surface area (Å²) in [5.41, 5.74) is 0.614. The van der Waals surface area contributed by atoms with Crippen molar-refractivity contribution in [2.45, 2.75) is 51.0 Å². The number of sulfonamides is 1. The number of carbonyl (C=O) groups is 1. The number of hydrogen-bond donors (Lipinski definition) is 2. The first-order chi connectivity index (χ1) is 14.1. The van der Waals surface area contributed by atoms with E-state index < -0.39 is 32.5 Å². The Kier molecular flexibility index (Phi) is 6.57. The van der Waals surface area contributed by atoms with Crippen LogP contribution in [0.4, 0.5) is 14.5 Å². The van der Waals surface area contributed by atoms with Gasteiger partial charge in [0.1, 0.15) is 16.5 Å². The lowest BCUT2D eigenvalue weighted by atomic mass is 9.78. The molecular formula is C22H26F2N2O3S. The molecule has 0 aromatic heterocycles. The first-order valence-corrected chi connectivity index (χ1v) is 11.5. The summed E-state index contributed by atoms with van der Waals surface area (Å²) < 4.78 is 56.4. The Bertz CT molecular complexity index is 1060. The molecule has 5 nitrogen and oxygen atoms in total. The van der Waals surface area contributed by atoms with E-state index in [1.54, 1.807) is 6.92 Å². The highest BCUT2D eigenvalue weighted by molar-refractivity contribution is 7.89. The fourth-order valence-electron chi connectivity index (χ4n) is 3.74. The molecule has 162 valence electrons. The van der Waals surface area contributed by atoms with Crippen LogP contribution in [-0.4, -0.2) is 20.4 Å². The van der Waals surface area contributed by atoms with Crippen molar-refractivity contribution in [3.8, 4) is 0 Å². The van der Waals surface area contributed by atoms with Crippen LogP contribution in [0.5, 0.6) is 0 Å². The molecular weight excluding hydrogens is 410 g/mol. The molecule has 0 saturated heterocycles. The van der Waals surface area contributed by atoms with Gasteiger partial charge >= 0.3 is 0 Å². The summed E-state index contributed by atoms with van der Waals surface area (Å²) in [6.07, 6.45) is 2.62. The van der Waals surface area contributed by atoms with E-state index in [1.165, 1.54) is 24.3 Å². The summed E-state index contributed by atoms with van der Waals surface area (Å²) in [4.78, 5) is 11.9. The van der Waals surface area contributed by atoms with E-state index >= 15 is 0 Å². The molecule has 0 heterocycles. The smallest absolute Gasteiger partial charge is 0.255 e. The number of halogens is 2. The summed E-state index contributed by atoms with van der Waals surface area (Å²) in [5.74, 6) is -1.58. The number of benzene rings is 2. The largest absolute Gasteiger partial charge is 0.322 e. The molecule has 0 aliphatic heterocycles. The van der Waals surface area contributed by atoms with Gasteiger partial charge in [-0.3, -0.25) is 4.79 Å². The Morgan fingerprint density at radius 1 is 1.03 bits per heavy atom. The van der Waals surface area contributed by atoms with Crippen molar-refractivity contribution in [3.63, 3.8) is 0 Å². The summed E-state index contributed by atoms with van der Waals surface area (Å²) in [6, 6.07) is 7.08. The number of amides is 1. The molecule has 3 atom stereocenters. The maximum Gasteiger partial charge on any atom is 0.255 e. The summed E-state index contributed by atoms with van der Waals surface area (Å²) >= 11 is 0. The van der Waals surface area contributed by atoms with Crippen molar-refractivity contribution < 1.29 is 22.0 Å². The van der Waals surface area contributed by atoms with Crippen molar-refractivity contribution in [1.82, 2.24) is 4.72 Å². The minimum Gasteiger partial charge on any atom is -0.322 e. The Morgan fingerprint density at radius 3 is 2.47 bits per heavy atom. The Hall–Kier alpha value is -2.32. The van der Waals surface area contributed by atoms with Crippen LogP contribution in [0, 0.1) is 30.4 Å². The minimum absolute atomic E-state index is 0.0391. The summed E-state index contributed by atoms with van der Waals surface area (Å²) in [7, 11) is -4.15. The minimum atomic E-state index is -4.15. The highest BCUT2D eigenvalue weighted by atomic mass is 32.2. The maximum absolute atomic E-state index is 14.4. The van der Waals surface area contributed by atoms with Crippen LogP contribution in [0.3, 0.4) is 0 Å². The molecule has 2 N–H and O–H groups in total. The molecule has 0 unspecified atom stereocenters.